The number of rotatable bonds is 7. The lowest BCUT2D eigenvalue weighted by Gasteiger charge is -2.08. The van der Waals surface area contributed by atoms with Gasteiger partial charge in [-0.25, -0.2) is 4.39 Å². The van der Waals surface area contributed by atoms with Crippen molar-refractivity contribution in [2.75, 3.05) is 5.32 Å². The van der Waals surface area contributed by atoms with Crippen molar-refractivity contribution in [3.05, 3.63) is 89.8 Å². The summed E-state index contributed by atoms with van der Waals surface area (Å²) in [5.74, 6) is 0.700. The number of carbonyl (C=O) groups excluding carboxylic acids is 1. The normalized spacial score (nSPS) is 10.7. The highest BCUT2D eigenvalue weighted by Gasteiger charge is 2.11. The van der Waals surface area contributed by atoms with Crippen LogP contribution in [0.2, 0.25) is 0 Å². The minimum atomic E-state index is -0.344. The maximum Gasteiger partial charge on any atom is 0.251 e. The lowest BCUT2D eigenvalue weighted by atomic mass is 10.1. The van der Waals surface area contributed by atoms with Crippen molar-refractivity contribution in [3.8, 4) is 11.6 Å². The molecule has 8 heteroatoms. The van der Waals surface area contributed by atoms with Crippen LogP contribution in [0.4, 0.5) is 10.1 Å². The van der Waals surface area contributed by atoms with E-state index in [1.165, 1.54) is 12.3 Å². The molecule has 2 aromatic carbocycles. The van der Waals surface area contributed by atoms with Gasteiger partial charge in [0.25, 0.3) is 5.91 Å². The summed E-state index contributed by atoms with van der Waals surface area (Å²) in [6.07, 6.45) is 1.54. The van der Waals surface area contributed by atoms with E-state index in [0.717, 1.165) is 5.69 Å². The number of halogens is 1. The molecule has 0 radical (unpaired) electrons. The molecule has 7 nitrogen and oxygen atoms in total. The largest absolute Gasteiger partial charge is 0.461 e. The Morgan fingerprint density at radius 1 is 1.00 bits per heavy atom. The summed E-state index contributed by atoms with van der Waals surface area (Å²) >= 11 is 0. The molecule has 2 N–H and O–H groups in total. The third-order valence-electron chi connectivity index (χ3n) is 4.20. The topological polar surface area (TPSA) is 93.2 Å². The summed E-state index contributed by atoms with van der Waals surface area (Å²) in [6, 6.07) is 16.7. The zero-order valence-electron chi connectivity index (χ0n) is 15.3. The smallest absolute Gasteiger partial charge is 0.251 e. The van der Waals surface area contributed by atoms with Gasteiger partial charge in [0, 0.05) is 23.4 Å². The number of amides is 1. The summed E-state index contributed by atoms with van der Waals surface area (Å²) in [4.78, 5) is 16.5. The van der Waals surface area contributed by atoms with Crippen molar-refractivity contribution in [2.45, 2.75) is 13.1 Å². The molecular weight excluding hydrogens is 375 g/mol. The number of nitrogens with zero attached hydrogens (tertiary/aromatic N) is 2. The average molecular weight is 392 g/mol. The molecule has 0 bridgehead atoms. The highest BCUT2D eigenvalue weighted by molar-refractivity contribution is 5.94. The summed E-state index contributed by atoms with van der Waals surface area (Å²) < 4.78 is 24.0. The molecule has 0 atom stereocenters. The first-order valence-corrected chi connectivity index (χ1v) is 8.91. The maximum atomic E-state index is 13.6. The van der Waals surface area contributed by atoms with Crippen LogP contribution in [0.1, 0.15) is 21.8 Å². The van der Waals surface area contributed by atoms with E-state index >= 15 is 0 Å². The Kier molecular flexibility index (Phi) is 5.33. The molecule has 29 heavy (non-hydrogen) atoms. The molecule has 4 rings (SSSR count). The zero-order chi connectivity index (χ0) is 20.1. The number of carbonyl (C=O) groups is 1. The number of aromatic nitrogens is 2. The van der Waals surface area contributed by atoms with Crippen molar-refractivity contribution in [1.29, 1.82) is 0 Å². The molecule has 0 aliphatic rings. The van der Waals surface area contributed by atoms with Crippen LogP contribution < -0.4 is 10.6 Å². The van der Waals surface area contributed by atoms with E-state index in [-0.39, 0.29) is 18.3 Å². The molecule has 0 aliphatic carbocycles. The fourth-order valence-electron chi connectivity index (χ4n) is 2.67. The van der Waals surface area contributed by atoms with Gasteiger partial charge in [-0.3, -0.25) is 4.79 Å². The number of furan rings is 1. The Bertz CT molecular complexity index is 1090. The number of hydrogen-bond donors (Lipinski definition) is 2. The van der Waals surface area contributed by atoms with Gasteiger partial charge < -0.3 is 19.6 Å². The maximum absolute atomic E-state index is 13.6. The molecule has 0 fully saturated rings. The molecule has 0 saturated carbocycles. The van der Waals surface area contributed by atoms with Crippen LogP contribution in [0.5, 0.6) is 0 Å². The molecule has 0 spiro atoms. The molecular formula is C21H17FN4O3. The second-order valence-corrected chi connectivity index (χ2v) is 6.19. The molecule has 4 aromatic rings. The standard InChI is InChI=1S/C21H17FN4O3/c22-17-5-2-1-4-15(17)12-24-21(27)14-7-9-16(10-8-14)23-13-19-25-20(26-29-19)18-6-3-11-28-18/h1-11,23H,12-13H2,(H,24,27). The highest BCUT2D eigenvalue weighted by Crippen LogP contribution is 2.17. The molecule has 146 valence electrons. The molecule has 2 heterocycles. The Balaban J connectivity index is 1.31. The van der Waals surface area contributed by atoms with Crippen LogP contribution in [0.3, 0.4) is 0 Å². The van der Waals surface area contributed by atoms with Gasteiger partial charge in [0.05, 0.1) is 12.8 Å². The van der Waals surface area contributed by atoms with Gasteiger partial charge in [0.2, 0.25) is 11.7 Å². The SMILES string of the molecule is O=C(NCc1ccccc1F)c1ccc(NCc2nc(-c3ccco3)no2)cc1. The molecule has 0 saturated heterocycles. The number of benzene rings is 2. The average Bonchev–Trinajstić information content (AvgIpc) is 3.44. The molecule has 2 aromatic heterocycles. The summed E-state index contributed by atoms with van der Waals surface area (Å²) in [5.41, 5.74) is 1.70. The predicted octanol–water partition coefficient (Wildman–Crippen LogP) is 4.01. The van der Waals surface area contributed by atoms with Crippen molar-refractivity contribution >= 4 is 11.6 Å². The van der Waals surface area contributed by atoms with Crippen molar-refractivity contribution in [1.82, 2.24) is 15.5 Å². The van der Waals surface area contributed by atoms with Crippen molar-refractivity contribution in [3.63, 3.8) is 0 Å². The third-order valence-corrected chi connectivity index (χ3v) is 4.20. The summed E-state index contributed by atoms with van der Waals surface area (Å²) in [6.45, 7) is 0.452. The van der Waals surface area contributed by atoms with Gasteiger partial charge in [-0.05, 0) is 42.5 Å². The second kappa shape index (κ2) is 8.39. The van der Waals surface area contributed by atoms with Gasteiger partial charge in [-0.15, -0.1) is 0 Å². The van der Waals surface area contributed by atoms with Gasteiger partial charge in [-0.1, -0.05) is 23.4 Å². The number of nitrogens with one attached hydrogen (secondary N) is 2. The first-order valence-electron chi connectivity index (χ1n) is 8.91. The van der Waals surface area contributed by atoms with E-state index in [1.54, 1.807) is 54.6 Å². The van der Waals surface area contributed by atoms with E-state index in [0.29, 0.717) is 35.1 Å². The monoisotopic (exact) mass is 392 g/mol. The first-order chi connectivity index (χ1) is 14.2. The van der Waals surface area contributed by atoms with Gasteiger partial charge in [0.15, 0.2) is 5.76 Å². The molecule has 0 aliphatic heterocycles. The summed E-state index contributed by atoms with van der Waals surface area (Å²) in [7, 11) is 0. The molecule has 1 amide bonds. The van der Waals surface area contributed by atoms with Crippen LogP contribution in [0, 0.1) is 5.82 Å². The van der Waals surface area contributed by atoms with Crippen LogP contribution >= 0.6 is 0 Å². The highest BCUT2D eigenvalue weighted by atomic mass is 19.1. The van der Waals surface area contributed by atoms with Crippen molar-refractivity contribution < 1.29 is 18.1 Å². The lowest BCUT2D eigenvalue weighted by molar-refractivity contribution is 0.0950. The van der Waals surface area contributed by atoms with Crippen LogP contribution in [0.25, 0.3) is 11.6 Å². The van der Waals surface area contributed by atoms with Crippen LogP contribution in [-0.2, 0) is 13.1 Å². The van der Waals surface area contributed by atoms with E-state index < -0.39 is 0 Å². The van der Waals surface area contributed by atoms with Crippen molar-refractivity contribution in [2.24, 2.45) is 0 Å². The van der Waals surface area contributed by atoms with Gasteiger partial charge >= 0.3 is 0 Å². The zero-order valence-corrected chi connectivity index (χ0v) is 15.3. The summed E-state index contributed by atoms with van der Waals surface area (Å²) in [5, 5.41) is 9.71. The Hall–Kier alpha value is -3.94. The van der Waals surface area contributed by atoms with E-state index in [1.807, 2.05) is 0 Å². The first kappa shape index (κ1) is 18.4. The number of anilines is 1. The minimum Gasteiger partial charge on any atom is -0.461 e. The van der Waals surface area contributed by atoms with Crippen LogP contribution in [0.15, 0.2) is 75.9 Å². The van der Waals surface area contributed by atoms with Gasteiger partial charge in [0.1, 0.15) is 5.82 Å². The fourth-order valence-corrected chi connectivity index (χ4v) is 2.67. The van der Waals surface area contributed by atoms with E-state index in [9.17, 15) is 9.18 Å². The Morgan fingerprint density at radius 2 is 1.83 bits per heavy atom. The fraction of sp³-hybridized carbons (Fsp3) is 0.0952. The van der Waals surface area contributed by atoms with Gasteiger partial charge in [-0.2, -0.15) is 4.98 Å². The predicted molar refractivity (Wildman–Crippen MR) is 103 cm³/mol. The minimum absolute atomic E-state index is 0.126. The molecule has 0 unspecified atom stereocenters. The number of hydrogen-bond acceptors (Lipinski definition) is 6. The quantitative estimate of drug-likeness (QED) is 0.494. The van der Waals surface area contributed by atoms with Crippen LogP contribution in [-0.4, -0.2) is 16.0 Å². The Labute approximate surface area is 165 Å². The third kappa shape index (κ3) is 4.49. The lowest BCUT2D eigenvalue weighted by Crippen LogP contribution is -2.23. The van der Waals surface area contributed by atoms with E-state index in [2.05, 4.69) is 20.8 Å². The Morgan fingerprint density at radius 3 is 2.59 bits per heavy atom. The van der Waals surface area contributed by atoms with E-state index in [4.69, 9.17) is 8.94 Å². The second-order valence-electron chi connectivity index (χ2n) is 6.19.